The molecule has 0 aromatic heterocycles. The molecule has 0 unspecified atom stereocenters. The molecule has 100 valence electrons. The molecular weight excluding hydrogens is 266 g/mol. The SMILES string of the molecule is COc1cc(C(=O)O)c(N=C(NC#N)SC)cc1C. The molecule has 7 heteroatoms. The van der Waals surface area contributed by atoms with E-state index in [1.807, 2.05) is 0 Å². The molecule has 0 bridgehead atoms. The highest BCUT2D eigenvalue weighted by Gasteiger charge is 2.14. The second kappa shape index (κ2) is 6.66. The quantitative estimate of drug-likeness (QED) is 0.381. The third kappa shape index (κ3) is 3.63. The largest absolute Gasteiger partial charge is 0.496 e. The number of ether oxygens (including phenoxy) is 1. The lowest BCUT2D eigenvalue weighted by Crippen LogP contribution is -2.13. The van der Waals surface area contributed by atoms with Crippen molar-refractivity contribution in [2.45, 2.75) is 6.92 Å². The standard InChI is InChI=1S/C12H13N3O3S/c1-7-4-9(15-12(19-3)14-6-13)8(11(16)17)5-10(7)18-2/h4-5H,1-3H3,(H,14,15)(H,16,17). The molecule has 19 heavy (non-hydrogen) atoms. The van der Waals surface area contributed by atoms with Crippen LogP contribution in [0.1, 0.15) is 15.9 Å². The van der Waals surface area contributed by atoms with Crippen molar-refractivity contribution in [2.24, 2.45) is 4.99 Å². The van der Waals surface area contributed by atoms with E-state index >= 15 is 0 Å². The van der Waals surface area contributed by atoms with E-state index in [-0.39, 0.29) is 11.3 Å². The molecule has 0 saturated heterocycles. The molecule has 0 fully saturated rings. The molecule has 1 aromatic rings. The number of thioether (sulfide) groups is 1. The van der Waals surface area contributed by atoms with E-state index < -0.39 is 5.97 Å². The molecule has 0 amide bonds. The summed E-state index contributed by atoms with van der Waals surface area (Å²) in [5.41, 5.74) is 1.07. The molecule has 0 radical (unpaired) electrons. The van der Waals surface area contributed by atoms with Gasteiger partial charge in [0, 0.05) is 0 Å². The van der Waals surface area contributed by atoms with Gasteiger partial charge in [0.15, 0.2) is 11.4 Å². The van der Waals surface area contributed by atoms with Gasteiger partial charge in [-0.2, -0.15) is 5.26 Å². The number of carbonyl (C=O) groups is 1. The molecule has 0 spiro atoms. The van der Waals surface area contributed by atoms with E-state index in [1.165, 1.54) is 24.9 Å². The van der Waals surface area contributed by atoms with Crippen LogP contribution in [-0.4, -0.2) is 29.6 Å². The Morgan fingerprint density at radius 2 is 2.26 bits per heavy atom. The lowest BCUT2D eigenvalue weighted by atomic mass is 10.1. The molecule has 0 atom stereocenters. The summed E-state index contributed by atoms with van der Waals surface area (Å²) >= 11 is 1.22. The van der Waals surface area contributed by atoms with Crippen LogP contribution in [0, 0.1) is 18.4 Å². The normalized spacial score (nSPS) is 10.7. The second-order valence-corrected chi connectivity index (χ2v) is 4.30. The summed E-state index contributed by atoms with van der Waals surface area (Å²) in [5.74, 6) is -0.621. The summed E-state index contributed by atoms with van der Waals surface area (Å²) in [6, 6.07) is 3.03. The van der Waals surface area contributed by atoms with E-state index in [4.69, 9.17) is 10.00 Å². The molecule has 6 nitrogen and oxygen atoms in total. The number of nitriles is 1. The van der Waals surface area contributed by atoms with Gasteiger partial charge in [-0.25, -0.2) is 9.79 Å². The van der Waals surface area contributed by atoms with Gasteiger partial charge < -0.3 is 9.84 Å². The number of hydrogen-bond acceptors (Lipinski definition) is 5. The number of amidine groups is 1. The fraction of sp³-hybridized carbons (Fsp3) is 0.250. The van der Waals surface area contributed by atoms with E-state index in [9.17, 15) is 9.90 Å². The first-order valence-corrected chi connectivity index (χ1v) is 6.45. The minimum absolute atomic E-state index is 0.0220. The predicted molar refractivity (Wildman–Crippen MR) is 74.0 cm³/mol. The average molecular weight is 279 g/mol. The zero-order valence-electron chi connectivity index (χ0n) is 10.7. The van der Waals surface area contributed by atoms with Crippen molar-refractivity contribution in [3.05, 3.63) is 23.3 Å². The highest BCUT2D eigenvalue weighted by Crippen LogP contribution is 2.29. The van der Waals surface area contributed by atoms with Crippen LogP contribution >= 0.6 is 11.8 Å². The van der Waals surface area contributed by atoms with E-state index in [0.717, 1.165) is 5.56 Å². The monoisotopic (exact) mass is 279 g/mol. The van der Waals surface area contributed by atoms with Crippen molar-refractivity contribution in [1.29, 1.82) is 5.26 Å². The number of rotatable bonds is 3. The van der Waals surface area contributed by atoms with Crippen LogP contribution in [0.5, 0.6) is 5.75 Å². The molecule has 0 aliphatic heterocycles. The minimum Gasteiger partial charge on any atom is -0.496 e. The first-order chi connectivity index (χ1) is 9.03. The predicted octanol–water partition coefficient (Wildman–Crippen LogP) is 2.12. The topological polar surface area (TPSA) is 94.7 Å². The number of methoxy groups -OCH3 is 1. The van der Waals surface area contributed by atoms with E-state index in [0.29, 0.717) is 10.9 Å². The van der Waals surface area contributed by atoms with Gasteiger partial charge in [0.25, 0.3) is 0 Å². The van der Waals surface area contributed by atoms with Gasteiger partial charge in [0.1, 0.15) is 5.75 Å². The zero-order chi connectivity index (χ0) is 14.4. The Bertz CT molecular complexity index is 564. The van der Waals surface area contributed by atoms with Crippen LogP contribution in [-0.2, 0) is 0 Å². The Hall–Kier alpha value is -2.20. The number of aryl methyl sites for hydroxylation is 1. The van der Waals surface area contributed by atoms with Gasteiger partial charge in [-0.15, -0.1) is 0 Å². The van der Waals surface area contributed by atoms with Crippen molar-refractivity contribution in [1.82, 2.24) is 5.32 Å². The summed E-state index contributed by atoms with van der Waals surface area (Å²) in [7, 11) is 1.47. The fourth-order valence-electron chi connectivity index (χ4n) is 1.44. The number of aromatic carboxylic acids is 1. The summed E-state index contributed by atoms with van der Waals surface area (Å²) in [6.07, 6.45) is 3.49. The number of benzene rings is 1. The Morgan fingerprint density at radius 3 is 2.74 bits per heavy atom. The number of aliphatic imine (C=N–C) groups is 1. The number of hydrogen-bond donors (Lipinski definition) is 2. The van der Waals surface area contributed by atoms with E-state index in [1.54, 1.807) is 25.4 Å². The van der Waals surface area contributed by atoms with Crippen molar-refractivity contribution >= 4 is 28.6 Å². The van der Waals surface area contributed by atoms with Crippen LogP contribution < -0.4 is 10.1 Å². The van der Waals surface area contributed by atoms with E-state index in [2.05, 4.69) is 10.3 Å². The second-order valence-electron chi connectivity index (χ2n) is 3.50. The van der Waals surface area contributed by atoms with Crippen LogP contribution in [0.3, 0.4) is 0 Å². The van der Waals surface area contributed by atoms with Gasteiger partial charge >= 0.3 is 5.97 Å². The van der Waals surface area contributed by atoms with Crippen molar-refractivity contribution in [3.63, 3.8) is 0 Å². The first-order valence-electron chi connectivity index (χ1n) is 5.23. The summed E-state index contributed by atoms with van der Waals surface area (Å²) < 4.78 is 5.08. The van der Waals surface area contributed by atoms with Crippen LogP contribution in [0.2, 0.25) is 0 Å². The number of carboxylic acids is 1. The van der Waals surface area contributed by atoms with Crippen LogP contribution in [0.15, 0.2) is 17.1 Å². The van der Waals surface area contributed by atoms with Gasteiger partial charge in [0.2, 0.25) is 0 Å². The Balaban J connectivity index is 3.38. The maximum absolute atomic E-state index is 11.2. The Morgan fingerprint density at radius 1 is 1.58 bits per heavy atom. The fourth-order valence-corrected chi connectivity index (χ4v) is 1.78. The van der Waals surface area contributed by atoms with Crippen molar-refractivity contribution < 1.29 is 14.6 Å². The highest BCUT2D eigenvalue weighted by molar-refractivity contribution is 8.13. The van der Waals surface area contributed by atoms with Crippen molar-refractivity contribution in [2.75, 3.05) is 13.4 Å². The van der Waals surface area contributed by atoms with Gasteiger partial charge in [-0.3, -0.25) is 5.32 Å². The number of nitrogens with zero attached hydrogens (tertiary/aromatic N) is 2. The van der Waals surface area contributed by atoms with Gasteiger partial charge in [-0.1, -0.05) is 11.8 Å². The molecular formula is C12H13N3O3S. The third-order valence-electron chi connectivity index (χ3n) is 2.32. The maximum Gasteiger partial charge on any atom is 0.338 e. The minimum atomic E-state index is -1.10. The van der Waals surface area contributed by atoms with Crippen molar-refractivity contribution in [3.8, 4) is 11.9 Å². The van der Waals surface area contributed by atoms with Crippen LogP contribution in [0.4, 0.5) is 5.69 Å². The zero-order valence-corrected chi connectivity index (χ0v) is 11.5. The van der Waals surface area contributed by atoms with Gasteiger partial charge in [-0.05, 0) is 30.9 Å². The average Bonchev–Trinajstić information content (AvgIpc) is 2.38. The molecule has 1 rings (SSSR count). The molecule has 0 saturated carbocycles. The Kier molecular flexibility index (Phi) is 5.21. The summed E-state index contributed by atoms with van der Waals surface area (Å²) in [5, 5.41) is 20.5. The first kappa shape index (κ1) is 14.9. The molecule has 0 aliphatic carbocycles. The maximum atomic E-state index is 11.2. The van der Waals surface area contributed by atoms with Crippen LogP contribution in [0.25, 0.3) is 0 Å². The highest BCUT2D eigenvalue weighted by atomic mass is 32.2. The smallest absolute Gasteiger partial charge is 0.338 e. The number of nitrogens with one attached hydrogen (secondary N) is 1. The lowest BCUT2D eigenvalue weighted by molar-refractivity contribution is 0.0697. The molecule has 2 N–H and O–H groups in total. The molecule has 0 aliphatic rings. The third-order valence-corrected chi connectivity index (χ3v) is 2.90. The number of carboxylic acid groups (broad SMARTS) is 1. The summed E-state index contributed by atoms with van der Waals surface area (Å²) in [4.78, 5) is 15.3. The van der Waals surface area contributed by atoms with Gasteiger partial charge in [0.05, 0.1) is 18.4 Å². The molecule has 1 aromatic carbocycles. The summed E-state index contributed by atoms with van der Waals surface area (Å²) in [6.45, 7) is 1.79. The lowest BCUT2D eigenvalue weighted by Gasteiger charge is -2.09. The molecule has 0 heterocycles. The Labute approximate surface area is 115 Å².